The molecule has 1 aromatic carbocycles. The van der Waals surface area contributed by atoms with Gasteiger partial charge in [0, 0.05) is 22.8 Å². The van der Waals surface area contributed by atoms with E-state index in [1.54, 1.807) is 6.20 Å². The summed E-state index contributed by atoms with van der Waals surface area (Å²) in [4.78, 5) is 4.21. The van der Waals surface area contributed by atoms with Crippen LogP contribution in [0.25, 0.3) is 11.0 Å². The molecule has 2 aromatic heterocycles. The molecule has 0 radical (unpaired) electrons. The van der Waals surface area contributed by atoms with Gasteiger partial charge >= 0.3 is 0 Å². The van der Waals surface area contributed by atoms with E-state index >= 15 is 0 Å². The maximum Gasteiger partial charge on any atom is 0.134 e. The van der Waals surface area contributed by atoms with Gasteiger partial charge in [-0.3, -0.25) is 4.98 Å². The first-order chi connectivity index (χ1) is 9.69. The van der Waals surface area contributed by atoms with E-state index in [4.69, 9.17) is 16.0 Å². The van der Waals surface area contributed by atoms with Crippen LogP contribution in [0.3, 0.4) is 0 Å². The first-order valence-corrected chi connectivity index (χ1v) is 6.83. The van der Waals surface area contributed by atoms with E-state index < -0.39 is 0 Å². The van der Waals surface area contributed by atoms with E-state index in [1.165, 1.54) is 5.56 Å². The monoisotopic (exact) mass is 286 g/mol. The van der Waals surface area contributed by atoms with Crippen molar-refractivity contribution in [2.24, 2.45) is 0 Å². The molecule has 0 aliphatic heterocycles. The largest absolute Gasteiger partial charge is 0.459 e. The standard InChI is InChI=1S/C16H15ClN2O/c1-10-5-6-19-9-13(10)16(18-2)15-8-11-7-12(17)3-4-14(11)20-15/h3-9,16,18H,1-2H3. The van der Waals surface area contributed by atoms with Gasteiger partial charge in [0.1, 0.15) is 11.3 Å². The van der Waals surface area contributed by atoms with Crippen molar-refractivity contribution in [3.63, 3.8) is 0 Å². The minimum absolute atomic E-state index is 0.0186. The van der Waals surface area contributed by atoms with Crippen LogP contribution >= 0.6 is 11.6 Å². The summed E-state index contributed by atoms with van der Waals surface area (Å²) in [6, 6.07) is 9.64. The number of hydrogen-bond donors (Lipinski definition) is 1. The van der Waals surface area contributed by atoms with Crippen LogP contribution in [0.5, 0.6) is 0 Å². The Morgan fingerprint density at radius 3 is 2.85 bits per heavy atom. The Kier molecular flexibility index (Phi) is 3.47. The Bertz CT molecular complexity index is 751. The van der Waals surface area contributed by atoms with Crippen LogP contribution in [0.15, 0.2) is 47.1 Å². The van der Waals surface area contributed by atoms with Crippen molar-refractivity contribution in [2.45, 2.75) is 13.0 Å². The summed E-state index contributed by atoms with van der Waals surface area (Å²) < 4.78 is 5.94. The molecule has 3 aromatic rings. The summed E-state index contributed by atoms with van der Waals surface area (Å²) >= 11 is 6.02. The Hall–Kier alpha value is -1.84. The molecule has 3 rings (SSSR count). The van der Waals surface area contributed by atoms with Crippen molar-refractivity contribution in [1.29, 1.82) is 0 Å². The number of nitrogens with zero attached hydrogens (tertiary/aromatic N) is 1. The van der Waals surface area contributed by atoms with Gasteiger partial charge < -0.3 is 9.73 Å². The molecule has 0 fully saturated rings. The summed E-state index contributed by atoms with van der Waals surface area (Å²) in [7, 11) is 1.91. The average Bonchev–Trinajstić information content (AvgIpc) is 2.84. The van der Waals surface area contributed by atoms with Crippen molar-refractivity contribution < 1.29 is 4.42 Å². The molecule has 3 nitrogen and oxygen atoms in total. The molecule has 0 saturated carbocycles. The van der Waals surface area contributed by atoms with Gasteiger partial charge in [-0.2, -0.15) is 0 Å². The number of aromatic nitrogens is 1. The third-order valence-electron chi connectivity index (χ3n) is 3.46. The summed E-state index contributed by atoms with van der Waals surface area (Å²) in [5.74, 6) is 0.862. The van der Waals surface area contributed by atoms with Crippen LogP contribution in [-0.2, 0) is 0 Å². The number of hydrogen-bond acceptors (Lipinski definition) is 3. The number of pyridine rings is 1. The van der Waals surface area contributed by atoms with Crippen LogP contribution in [0, 0.1) is 6.92 Å². The lowest BCUT2D eigenvalue weighted by atomic mass is 10.0. The molecular weight excluding hydrogens is 272 g/mol. The fourth-order valence-corrected chi connectivity index (χ4v) is 2.59. The van der Waals surface area contributed by atoms with Crippen molar-refractivity contribution >= 4 is 22.6 Å². The van der Waals surface area contributed by atoms with Gasteiger partial charge in [0.2, 0.25) is 0 Å². The highest BCUT2D eigenvalue weighted by Gasteiger charge is 2.18. The third-order valence-corrected chi connectivity index (χ3v) is 3.70. The highest BCUT2D eigenvalue weighted by atomic mass is 35.5. The number of fused-ring (bicyclic) bond motifs is 1. The number of halogens is 1. The molecule has 0 bridgehead atoms. The maximum atomic E-state index is 6.02. The Morgan fingerprint density at radius 2 is 2.10 bits per heavy atom. The smallest absolute Gasteiger partial charge is 0.134 e. The van der Waals surface area contributed by atoms with Crippen LogP contribution in [-0.4, -0.2) is 12.0 Å². The van der Waals surface area contributed by atoms with Gasteiger partial charge in [0.25, 0.3) is 0 Å². The second-order valence-electron chi connectivity index (χ2n) is 4.78. The zero-order chi connectivity index (χ0) is 14.1. The molecule has 102 valence electrons. The third kappa shape index (κ3) is 2.30. The highest BCUT2D eigenvalue weighted by Crippen LogP contribution is 2.30. The molecular formula is C16H15ClN2O. The average molecular weight is 287 g/mol. The molecule has 0 aliphatic carbocycles. The second-order valence-corrected chi connectivity index (χ2v) is 5.22. The van der Waals surface area contributed by atoms with E-state index in [0.29, 0.717) is 5.02 Å². The normalized spacial score (nSPS) is 12.8. The van der Waals surface area contributed by atoms with Gasteiger partial charge in [-0.1, -0.05) is 11.6 Å². The molecule has 0 saturated heterocycles. The van der Waals surface area contributed by atoms with Crippen LogP contribution in [0.4, 0.5) is 0 Å². The zero-order valence-corrected chi connectivity index (χ0v) is 12.1. The van der Waals surface area contributed by atoms with E-state index in [1.807, 2.05) is 43.6 Å². The fourth-order valence-electron chi connectivity index (χ4n) is 2.41. The molecule has 0 aliphatic rings. The van der Waals surface area contributed by atoms with E-state index in [0.717, 1.165) is 22.3 Å². The van der Waals surface area contributed by atoms with Gasteiger partial charge in [0.15, 0.2) is 0 Å². The number of furan rings is 1. The lowest BCUT2D eigenvalue weighted by Crippen LogP contribution is -2.18. The van der Waals surface area contributed by atoms with Crippen molar-refractivity contribution in [3.8, 4) is 0 Å². The molecule has 1 unspecified atom stereocenters. The predicted octanol–water partition coefficient (Wildman–Crippen LogP) is 4.10. The lowest BCUT2D eigenvalue weighted by molar-refractivity contribution is 0.490. The Morgan fingerprint density at radius 1 is 1.25 bits per heavy atom. The van der Waals surface area contributed by atoms with E-state index in [-0.39, 0.29) is 6.04 Å². The first kappa shape index (κ1) is 13.2. The van der Waals surface area contributed by atoms with E-state index in [9.17, 15) is 0 Å². The number of aryl methyl sites for hydroxylation is 1. The summed E-state index contributed by atoms with van der Waals surface area (Å²) in [5.41, 5.74) is 3.13. The highest BCUT2D eigenvalue weighted by molar-refractivity contribution is 6.31. The number of rotatable bonds is 3. The predicted molar refractivity (Wildman–Crippen MR) is 81.1 cm³/mol. The second kappa shape index (κ2) is 5.27. The summed E-state index contributed by atoms with van der Waals surface area (Å²) in [5, 5.41) is 5.00. The summed E-state index contributed by atoms with van der Waals surface area (Å²) in [6.07, 6.45) is 3.67. The molecule has 1 N–H and O–H groups in total. The van der Waals surface area contributed by atoms with E-state index in [2.05, 4.69) is 17.2 Å². The quantitative estimate of drug-likeness (QED) is 0.788. The molecule has 2 heterocycles. The maximum absolute atomic E-state index is 6.02. The fraction of sp³-hybridized carbons (Fsp3) is 0.188. The van der Waals surface area contributed by atoms with Crippen LogP contribution in [0.2, 0.25) is 5.02 Å². The minimum Gasteiger partial charge on any atom is -0.459 e. The molecule has 1 atom stereocenters. The van der Waals surface area contributed by atoms with Crippen molar-refractivity contribution in [1.82, 2.24) is 10.3 Å². The molecule has 0 spiro atoms. The van der Waals surface area contributed by atoms with Gasteiger partial charge in [-0.05, 0) is 55.4 Å². The number of nitrogens with one attached hydrogen (secondary N) is 1. The van der Waals surface area contributed by atoms with Crippen molar-refractivity contribution in [3.05, 3.63) is 64.6 Å². The topological polar surface area (TPSA) is 38.1 Å². The van der Waals surface area contributed by atoms with Crippen LogP contribution < -0.4 is 5.32 Å². The molecule has 20 heavy (non-hydrogen) atoms. The Labute approximate surface area is 122 Å². The van der Waals surface area contributed by atoms with Gasteiger partial charge in [0.05, 0.1) is 6.04 Å². The van der Waals surface area contributed by atoms with Crippen molar-refractivity contribution in [2.75, 3.05) is 7.05 Å². The number of benzene rings is 1. The summed E-state index contributed by atoms with van der Waals surface area (Å²) in [6.45, 7) is 2.07. The van der Waals surface area contributed by atoms with Gasteiger partial charge in [-0.25, -0.2) is 0 Å². The Balaban J connectivity index is 2.10. The molecule has 4 heteroatoms. The minimum atomic E-state index is -0.0186. The first-order valence-electron chi connectivity index (χ1n) is 6.46. The van der Waals surface area contributed by atoms with Gasteiger partial charge in [-0.15, -0.1) is 0 Å². The SMILES string of the molecule is CNC(c1cc2cc(Cl)ccc2o1)c1cnccc1C. The zero-order valence-electron chi connectivity index (χ0n) is 11.4. The van der Waals surface area contributed by atoms with Crippen LogP contribution in [0.1, 0.15) is 22.9 Å². The lowest BCUT2D eigenvalue weighted by Gasteiger charge is -2.15. The molecule has 0 amide bonds.